The molecule has 0 aromatic heterocycles. The minimum absolute atomic E-state index is 0.0475. The summed E-state index contributed by atoms with van der Waals surface area (Å²) < 4.78 is 33.9. The van der Waals surface area contributed by atoms with Crippen LogP contribution in [0.1, 0.15) is 31.9 Å². The first-order valence-corrected chi connectivity index (χ1v) is 13.8. The van der Waals surface area contributed by atoms with Crippen molar-refractivity contribution in [3.63, 3.8) is 0 Å². The summed E-state index contributed by atoms with van der Waals surface area (Å²) in [6.45, 7) is 6.93. The molecule has 1 atom stereocenters. The number of aryl methyl sites for hydroxylation is 1. The Hall–Kier alpha value is -3.85. The van der Waals surface area contributed by atoms with Gasteiger partial charge >= 0.3 is 0 Å². The Labute approximate surface area is 225 Å². The molecule has 2 amide bonds. The molecule has 202 valence electrons. The number of ether oxygens (including phenoxy) is 1. The highest BCUT2D eigenvalue weighted by Crippen LogP contribution is 2.27. The standard InChI is InChI=1S/C29H35N3O5S/c1-21(2)30-29(34)23(4)31(19-24-16-14-22(3)15-17-24)28(33)20-32(25-10-9-11-26(18-25)37-5)38(35,36)27-12-7-6-8-13-27/h6-18,21,23H,19-20H2,1-5H3,(H,30,34). The summed E-state index contributed by atoms with van der Waals surface area (Å²) >= 11 is 0. The smallest absolute Gasteiger partial charge is 0.264 e. The fraction of sp³-hybridized carbons (Fsp3) is 0.310. The Morgan fingerprint density at radius 1 is 0.921 bits per heavy atom. The molecule has 1 N–H and O–H groups in total. The van der Waals surface area contributed by atoms with Gasteiger partial charge in [0, 0.05) is 18.7 Å². The molecular formula is C29H35N3O5S. The van der Waals surface area contributed by atoms with Crippen LogP contribution >= 0.6 is 0 Å². The van der Waals surface area contributed by atoms with E-state index in [2.05, 4.69) is 5.32 Å². The molecule has 3 aromatic rings. The van der Waals surface area contributed by atoms with Gasteiger partial charge in [-0.25, -0.2) is 8.42 Å². The first kappa shape index (κ1) is 28.7. The normalized spacial score (nSPS) is 12.1. The minimum Gasteiger partial charge on any atom is -0.497 e. The van der Waals surface area contributed by atoms with Crippen molar-refractivity contribution < 1.29 is 22.7 Å². The lowest BCUT2D eigenvalue weighted by atomic mass is 10.1. The number of benzene rings is 3. The Kier molecular flexibility index (Phi) is 9.52. The van der Waals surface area contributed by atoms with E-state index in [1.54, 1.807) is 49.4 Å². The Bertz CT molecular complexity index is 1340. The van der Waals surface area contributed by atoms with Crippen LogP contribution in [0.2, 0.25) is 0 Å². The molecule has 0 radical (unpaired) electrons. The highest BCUT2D eigenvalue weighted by Gasteiger charge is 2.32. The van der Waals surface area contributed by atoms with Crippen LogP contribution in [0.4, 0.5) is 5.69 Å². The second-order valence-electron chi connectivity index (χ2n) is 9.37. The number of hydrogen-bond donors (Lipinski definition) is 1. The molecule has 0 heterocycles. The number of hydrogen-bond acceptors (Lipinski definition) is 5. The summed E-state index contributed by atoms with van der Waals surface area (Å²) in [5.41, 5.74) is 2.17. The van der Waals surface area contributed by atoms with Crippen molar-refractivity contribution >= 4 is 27.5 Å². The van der Waals surface area contributed by atoms with E-state index >= 15 is 0 Å². The number of anilines is 1. The summed E-state index contributed by atoms with van der Waals surface area (Å²) in [6.07, 6.45) is 0. The molecule has 0 saturated carbocycles. The lowest BCUT2D eigenvalue weighted by Gasteiger charge is -2.32. The van der Waals surface area contributed by atoms with Crippen LogP contribution in [0.5, 0.6) is 5.75 Å². The summed E-state index contributed by atoms with van der Waals surface area (Å²) in [4.78, 5) is 28.3. The number of carbonyl (C=O) groups excluding carboxylic acids is 2. The van der Waals surface area contributed by atoms with E-state index in [0.29, 0.717) is 5.75 Å². The molecule has 0 saturated heterocycles. The summed E-state index contributed by atoms with van der Waals surface area (Å²) in [7, 11) is -2.64. The Morgan fingerprint density at radius 3 is 2.18 bits per heavy atom. The zero-order chi connectivity index (χ0) is 27.9. The molecule has 0 aliphatic rings. The van der Waals surface area contributed by atoms with E-state index in [0.717, 1.165) is 15.4 Å². The van der Waals surface area contributed by atoms with Crippen LogP contribution in [-0.4, -0.2) is 50.9 Å². The van der Waals surface area contributed by atoms with Crippen LogP contribution in [0.3, 0.4) is 0 Å². The monoisotopic (exact) mass is 537 g/mol. The quantitative estimate of drug-likeness (QED) is 0.397. The maximum Gasteiger partial charge on any atom is 0.264 e. The van der Waals surface area contributed by atoms with Gasteiger partial charge in [0.1, 0.15) is 18.3 Å². The van der Waals surface area contributed by atoms with E-state index < -0.39 is 28.5 Å². The van der Waals surface area contributed by atoms with E-state index in [-0.39, 0.29) is 29.1 Å². The van der Waals surface area contributed by atoms with Gasteiger partial charge in [0.05, 0.1) is 17.7 Å². The second kappa shape index (κ2) is 12.6. The third-order valence-electron chi connectivity index (χ3n) is 6.02. The molecule has 9 heteroatoms. The van der Waals surface area contributed by atoms with Crippen molar-refractivity contribution in [1.29, 1.82) is 0 Å². The Balaban J connectivity index is 2.03. The summed E-state index contributed by atoms with van der Waals surface area (Å²) in [6, 6.07) is 21.2. The zero-order valence-electron chi connectivity index (χ0n) is 22.4. The van der Waals surface area contributed by atoms with Crippen molar-refractivity contribution in [3.05, 3.63) is 90.0 Å². The number of nitrogens with zero attached hydrogens (tertiary/aromatic N) is 2. The van der Waals surface area contributed by atoms with Crippen LogP contribution in [0.15, 0.2) is 83.8 Å². The van der Waals surface area contributed by atoms with Crippen molar-refractivity contribution in [1.82, 2.24) is 10.2 Å². The number of carbonyl (C=O) groups is 2. The van der Waals surface area contributed by atoms with Crippen LogP contribution in [0.25, 0.3) is 0 Å². The van der Waals surface area contributed by atoms with Gasteiger partial charge in [-0.3, -0.25) is 13.9 Å². The number of rotatable bonds is 11. The van der Waals surface area contributed by atoms with E-state index in [4.69, 9.17) is 4.74 Å². The van der Waals surface area contributed by atoms with Gasteiger partial charge < -0.3 is 15.0 Å². The largest absolute Gasteiger partial charge is 0.497 e. The number of amides is 2. The molecule has 3 rings (SSSR count). The van der Waals surface area contributed by atoms with Gasteiger partial charge in [-0.2, -0.15) is 0 Å². The fourth-order valence-corrected chi connectivity index (χ4v) is 5.32. The Morgan fingerprint density at radius 2 is 1.58 bits per heavy atom. The van der Waals surface area contributed by atoms with Gasteiger partial charge in [-0.15, -0.1) is 0 Å². The lowest BCUT2D eigenvalue weighted by molar-refractivity contribution is -0.139. The number of nitrogens with one attached hydrogen (secondary N) is 1. The van der Waals surface area contributed by atoms with Crippen LogP contribution < -0.4 is 14.4 Å². The van der Waals surface area contributed by atoms with Gasteiger partial charge in [-0.05, 0) is 57.5 Å². The number of methoxy groups -OCH3 is 1. The summed E-state index contributed by atoms with van der Waals surface area (Å²) in [5, 5.41) is 2.85. The molecule has 0 fully saturated rings. The van der Waals surface area contributed by atoms with Crippen LogP contribution in [0, 0.1) is 6.92 Å². The molecule has 0 aliphatic carbocycles. The highest BCUT2D eigenvalue weighted by atomic mass is 32.2. The van der Waals surface area contributed by atoms with Gasteiger partial charge in [0.25, 0.3) is 10.0 Å². The highest BCUT2D eigenvalue weighted by molar-refractivity contribution is 7.92. The van der Waals surface area contributed by atoms with Crippen LogP contribution in [-0.2, 0) is 26.2 Å². The van der Waals surface area contributed by atoms with E-state index in [9.17, 15) is 18.0 Å². The average Bonchev–Trinajstić information content (AvgIpc) is 2.90. The van der Waals surface area contributed by atoms with Crippen molar-refractivity contribution in [2.75, 3.05) is 18.0 Å². The summed E-state index contributed by atoms with van der Waals surface area (Å²) in [5.74, 6) is -0.386. The van der Waals surface area contributed by atoms with E-state index in [1.165, 1.54) is 24.1 Å². The van der Waals surface area contributed by atoms with Crippen molar-refractivity contribution in [2.24, 2.45) is 0 Å². The van der Waals surface area contributed by atoms with Crippen molar-refractivity contribution in [3.8, 4) is 5.75 Å². The molecule has 38 heavy (non-hydrogen) atoms. The molecule has 0 aliphatic heterocycles. The predicted octanol–water partition coefficient (Wildman–Crippen LogP) is 4.14. The third-order valence-corrected chi connectivity index (χ3v) is 7.81. The second-order valence-corrected chi connectivity index (χ2v) is 11.2. The third kappa shape index (κ3) is 7.13. The zero-order valence-corrected chi connectivity index (χ0v) is 23.2. The maximum absolute atomic E-state index is 13.9. The first-order chi connectivity index (χ1) is 18.0. The maximum atomic E-state index is 13.9. The first-order valence-electron chi connectivity index (χ1n) is 12.4. The average molecular weight is 538 g/mol. The molecule has 8 nitrogen and oxygen atoms in total. The van der Waals surface area contributed by atoms with Gasteiger partial charge in [-0.1, -0.05) is 54.1 Å². The number of sulfonamides is 1. The predicted molar refractivity (Wildman–Crippen MR) is 148 cm³/mol. The fourth-order valence-electron chi connectivity index (χ4n) is 3.89. The minimum atomic E-state index is -4.12. The van der Waals surface area contributed by atoms with Gasteiger partial charge in [0.15, 0.2) is 0 Å². The molecule has 1 unspecified atom stereocenters. The van der Waals surface area contributed by atoms with E-state index in [1.807, 2.05) is 45.0 Å². The molecular weight excluding hydrogens is 502 g/mol. The van der Waals surface area contributed by atoms with Crippen molar-refractivity contribution in [2.45, 2.75) is 51.2 Å². The van der Waals surface area contributed by atoms with Gasteiger partial charge in [0.2, 0.25) is 11.8 Å². The topological polar surface area (TPSA) is 96.0 Å². The molecule has 0 spiro atoms. The lowest BCUT2D eigenvalue weighted by Crippen LogP contribution is -2.52. The molecule has 0 bridgehead atoms. The SMILES string of the molecule is COc1cccc(N(CC(=O)N(Cc2ccc(C)cc2)C(C)C(=O)NC(C)C)S(=O)(=O)c2ccccc2)c1. The molecule has 3 aromatic carbocycles.